The fourth-order valence-corrected chi connectivity index (χ4v) is 4.56. The number of fused-ring (bicyclic) bond motifs is 1. The second-order valence-electron chi connectivity index (χ2n) is 5.18. The van der Waals surface area contributed by atoms with Crippen LogP contribution in [0, 0.1) is 0 Å². The van der Waals surface area contributed by atoms with Crippen molar-refractivity contribution >= 4 is 32.5 Å². The molecule has 0 aliphatic heterocycles. The summed E-state index contributed by atoms with van der Waals surface area (Å²) in [6.07, 6.45) is 3.31. The third kappa shape index (κ3) is 3.16. The Hall–Kier alpha value is -1.26. The van der Waals surface area contributed by atoms with E-state index in [0.29, 0.717) is 10.5 Å². The first-order chi connectivity index (χ1) is 10.1. The second kappa shape index (κ2) is 6.24. The predicted molar refractivity (Wildman–Crippen MR) is 88.2 cm³/mol. The molecule has 108 valence electrons. The normalized spacial score (nSPS) is 14.7. The van der Waals surface area contributed by atoms with Gasteiger partial charge in [0.1, 0.15) is 0 Å². The van der Waals surface area contributed by atoms with Gasteiger partial charge in [-0.1, -0.05) is 24.3 Å². The number of Topliss-reactive ketones (excluding diaryl/α,β-unsaturated/α-hetero) is 1. The Bertz CT molecular complexity index is 724. The Kier molecular flexibility index (Phi) is 4.36. The van der Waals surface area contributed by atoms with Gasteiger partial charge in [-0.25, -0.2) is 0 Å². The Morgan fingerprint density at radius 1 is 1.10 bits per heavy atom. The number of aryl methyl sites for hydroxylation is 2. The van der Waals surface area contributed by atoms with Crippen molar-refractivity contribution in [1.82, 2.24) is 0 Å². The molecule has 2 aromatic rings. The zero-order valence-corrected chi connectivity index (χ0v) is 13.9. The summed E-state index contributed by atoms with van der Waals surface area (Å²) in [5.41, 5.74) is 3.29. The van der Waals surface area contributed by atoms with E-state index in [2.05, 4.69) is 15.9 Å². The standard InChI is InChI=1S/C17H15BrO2S/c18-15-6-1-2-7-17(15)21(20)11-16(19)14-9-8-12-4-3-5-13(12)10-14/h1-2,6-10H,3-5,11H2. The molecule has 0 bridgehead atoms. The Balaban J connectivity index is 1.77. The average molecular weight is 363 g/mol. The van der Waals surface area contributed by atoms with E-state index in [1.165, 1.54) is 11.1 Å². The highest BCUT2D eigenvalue weighted by atomic mass is 79.9. The Morgan fingerprint density at radius 2 is 1.86 bits per heavy atom. The van der Waals surface area contributed by atoms with E-state index >= 15 is 0 Å². The summed E-state index contributed by atoms with van der Waals surface area (Å²) in [5.74, 6) is -0.0275. The summed E-state index contributed by atoms with van der Waals surface area (Å²) in [4.78, 5) is 13.0. The molecule has 2 nitrogen and oxygen atoms in total. The summed E-state index contributed by atoms with van der Waals surface area (Å²) >= 11 is 3.38. The molecular weight excluding hydrogens is 348 g/mol. The fourth-order valence-electron chi connectivity index (χ4n) is 2.65. The van der Waals surface area contributed by atoms with Gasteiger partial charge in [-0.2, -0.15) is 0 Å². The number of carbonyl (C=O) groups is 1. The number of hydrogen-bond donors (Lipinski definition) is 0. The van der Waals surface area contributed by atoms with Gasteiger partial charge in [0.15, 0.2) is 5.78 Å². The lowest BCUT2D eigenvalue weighted by Crippen LogP contribution is -2.12. The van der Waals surface area contributed by atoms with Crippen molar-refractivity contribution in [3.05, 3.63) is 63.6 Å². The highest BCUT2D eigenvalue weighted by Gasteiger charge is 2.17. The van der Waals surface area contributed by atoms with Crippen LogP contribution >= 0.6 is 15.9 Å². The van der Waals surface area contributed by atoms with Crippen LogP contribution in [0.1, 0.15) is 27.9 Å². The van der Waals surface area contributed by atoms with Crippen LogP contribution < -0.4 is 0 Å². The molecule has 0 N–H and O–H groups in total. The van der Waals surface area contributed by atoms with Crippen LogP contribution in [0.2, 0.25) is 0 Å². The van der Waals surface area contributed by atoms with Crippen LogP contribution in [-0.4, -0.2) is 15.7 Å². The molecule has 21 heavy (non-hydrogen) atoms. The number of hydrogen-bond acceptors (Lipinski definition) is 2. The van der Waals surface area contributed by atoms with E-state index < -0.39 is 10.8 Å². The first kappa shape index (κ1) is 14.7. The highest BCUT2D eigenvalue weighted by Crippen LogP contribution is 2.24. The molecule has 1 aliphatic rings. The first-order valence-corrected chi connectivity index (χ1v) is 9.04. The Morgan fingerprint density at radius 3 is 2.67 bits per heavy atom. The summed E-state index contributed by atoms with van der Waals surface area (Å²) in [7, 11) is -1.32. The molecule has 1 atom stereocenters. The van der Waals surface area contributed by atoms with Crippen molar-refractivity contribution in [2.24, 2.45) is 0 Å². The largest absolute Gasteiger partial charge is 0.293 e. The van der Waals surface area contributed by atoms with Crippen molar-refractivity contribution in [3.63, 3.8) is 0 Å². The lowest BCUT2D eigenvalue weighted by Gasteiger charge is -2.06. The minimum absolute atomic E-state index is 0.0292. The fraction of sp³-hybridized carbons (Fsp3) is 0.235. The van der Waals surface area contributed by atoms with Gasteiger partial charge in [0.05, 0.1) is 21.4 Å². The second-order valence-corrected chi connectivity index (χ2v) is 7.45. The van der Waals surface area contributed by atoms with Crippen molar-refractivity contribution < 1.29 is 9.00 Å². The average Bonchev–Trinajstić information content (AvgIpc) is 2.94. The molecule has 4 heteroatoms. The van der Waals surface area contributed by atoms with Crippen molar-refractivity contribution in [3.8, 4) is 0 Å². The number of benzene rings is 2. The summed E-state index contributed by atoms with van der Waals surface area (Å²) < 4.78 is 13.1. The first-order valence-electron chi connectivity index (χ1n) is 6.93. The van der Waals surface area contributed by atoms with E-state index in [1.54, 1.807) is 6.07 Å². The van der Waals surface area contributed by atoms with Gasteiger partial charge in [0.25, 0.3) is 0 Å². The molecule has 0 heterocycles. The monoisotopic (exact) mass is 362 g/mol. The van der Waals surface area contributed by atoms with Crippen LogP contribution in [0.5, 0.6) is 0 Å². The molecule has 0 saturated carbocycles. The van der Waals surface area contributed by atoms with Crippen LogP contribution in [0.15, 0.2) is 51.8 Å². The SMILES string of the molecule is O=C(CS(=O)c1ccccc1Br)c1ccc2c(c1)CCC2. The third-order valence-corrected chi connectivity index (χ3v) is 6.09. The smallest absolute Gasteiger partial charge is 0.175 e. The molecule has 3 rings (SSSR count). The molecule has 0 radical (unpaired) electrons. The van der Waals surface area contributed by atoms with E-state index in [9.17, 15) is 9.00 Å². The molecule has 1 aliphatic carbocycles. The summed E-state index contributed by atoms with van der Waals surface area (Å²) in [6, 6.07) is 13.2. The summed E-state index contributed by atoms with van der Waals surface area (Å²) in [5, 5.41) is 0. The molecule has 0 saturated heterocycles. The minimum atomic E-state index is -1.32. The molecule has 1 unspecified atom stereocenters. The van der Waals surface area contributed by atoms with Crippen LogP contribution in [0.3, 0.4) is 0 Å². The molecule has 0 spiro atoms. The number of halogens is 1. The van der Waals surface area contributed by atoms with Crippen molar-refractivity contribution in [2.75, 3.05) is 5.75 Å². The zero-order valence-electron chi connectivity index (χ0n) is 11.5. The van der Waals surface area contributed by atoms with Gasteiger partial charge in [0.2, 0.25) is 0 Å². The molecule has 0 aromatic heterocycles. The maximum atomic E-state index is 12.3. The maximum Gasteiger partial charge on any atom is 0.175 e. The minimum Gasteiger partial charge on any atom is -0.293 e. The van der Waals surface area contributed by atoms with E-state index in [1.807, 2.05) is 36.4 Å². The van der Waals surface area contributed by atoms with Gasteiger partial charge in [-0.05, 0) is 64.5 Å². The van der Waals surface area contributed by atoms with E-state index in [4.69, 9.17) is 0 Å². The van der Waals surface area contributed by atoms with Gasteiger partial charge in [-0.3, -0.25) is 9.00 Å². The van der Waals surface area contributed by atoms with Gasteiger partial charge in [0, 0.05) is 10.0 Å². The number of ketones is 1. The van der Waals surface area contributed by atoms with Gasteiger partial charge < -0.3 is 0 Å². The summed E-state index contributed by atoms with van der Waals surface area (Å²) in [6.45, 7) is 0. The Labute approximate surface area is 135 Å². The predicted octanol–water partition coefficient (Wildman–Crippen LogP) is 3.93. The molecular formula is C17H15BrO2S. The van der Waals surface area contributed by atoms with Crippen LogP contribution in [0.4, 0.5) is 0 Å². The van der Waals surface area contributed by atoms with Crippen molar-refractivity contribution in [2.45, 2.75) is 24.2 Å². The van der Waals surface area contributed by atoms with Gasteiger partial charge in [-0.15, -0.1) is 0 Å². The van der Waals surface area contributed by atoms with Crippen molar-refractivity contribution in [1.29, 1.82) is 0 Å². The zero-order chi connectivity index (χ0) is 14.8. The van der Waals surface area contributed by atoms with E-state index in [-0.39, 0.29) is 11.5 Å². The molecule has 0 fully saturated rings. The maximum absolute atomic E-state index is 12.3. The number of carbonyl (C=O) groups excluding carboxylic acids is 1. The van der Waals surface area contributed by atoms with Crippen LogP contribution in [0.25, 0.3) is 0 Å². The van der Waals surface area contributed by atoms with E-state index in [0.717, 1.165) is 23.7 Å². The van der Waals surface area contributed by atoms with Crippen LogP contribution in [-0.2, 0) is 23.6 Å². The number of rotatable bonds is 4. The lowest BCUT2D eigenvalue weighted by atomic mass is 10.0. The molecule has 2 aromatic carbocycles. The quantitative estimate of drug-likeness (QED) is 0.772. The topological polar surface area (TPSA) is 34.1 Å². The highest BCUT2D eigenvalue weighted by molar-refractivity contribution is 9.10. The third-order valence-electron chi connectivity index (χ3n) is 3.76. The van der Waals surface area contributed by atoms with Gasteiger partial charge >= 0.3 is 0 Å². The molecule has 0 amide bonds. The lowest BCUT2D eigenvalue weighted by molar-refractivity contribution is 0.102.